The second-order valence-electron chi connectivity index (χ2n) is 6.00. The highest BCUT2D eigenvalue weighted by Crippen LogP contribution is 2.26. The summed E-state index contributed by atoms with van der Waals surface area (Å²) in [7, 11) is 0. The summed E-state index contributed by atoms with van der Waals surface area (Å²) in [6, 6.07) is -0.305. The zero-order valence-corrected chi connectivity index (χ0v) is 11.6. The Morgan fingerprint density at radius 1 is 1.18 bits per heavy atom. The molecule has 0 bridgehead atoms. The van der Waals surface area contributed by atoms with E-state index < -0.39 is 5.97 Å². The molecule has 0 amide bonds. The quantitative estimate of drug-likeness (QED) is 0.822. The van der Waals surface area contributed by atoms with Gasteiger partial charge in [-0.05, 0) is 50.1 Å². The third-order valence-electron chi connectivity index (χ3n) is 4.03. The van der Waals surface area contributed by atoms with E-state index in [1.54, 1.807) is 0 Å². The summed E-state index contributed by atoms with van der Waals surface area (Å²) >= 11 is 0. The third-order valence-corrected chi connectivity index (χ3v) is 4.03. The second kappa shape index (κ2) is 6.39. The summed E-state index contributed by atoms with van der Waals surface area (Å²) in [5, 5.41) is 9.32. The topological polar surface area (TPSA) is 40.5 Å². The molecule has 0 aromatic heterocycles. The van der Waals surface area contributed by atoms with Gasteiger partial charge in [-0.15, -0.1) is 0 Å². The number of aliphatic carboxylic acids is 1. The molecule has 3 heteroatoms. The van der Waals surface area contributed by atoms with Gasteiger partial charge in [0.1, 0.15) is 6.04 Å². The fourth-order valence-electron chi connectivity index (χ4n) is 2.95. The van der Waals surface area contributed by atoms with Crippen LogP contribution >= 0.6 is 0 Å². The number of carbonyl (C=O) groups is 1. The monoisotopic (exact) mass is 241 g/mol. The van der Waals surface area contributed by atoms with E-state index in [-0.39, 0.29) is 12.0 Å². The maximum absolute atomic E-state index is 11.3. The normalized spacial score (nSPS) is 24.9. The van der Waals surface area contributed by atoms with Crippen molar-refractivity contribution in [2.45, 2.75) is 53.0 Å². The smallest absolute Gasteiger partial charge is 0.321 e. The van der Waals surface area contributed by atoms with Crippen LogP contribution in [0.25, 0.3) is 0 Å². The first kappa shape index (κ1) is 14.5. The lowest BCUT2D eigenvalue weighted by atomic mass is 9.89. The molecule has 0 aromatic carbocycles. The van der Waals surface area contributed by atoms with Gasteiger partial charge in [-0.3, -0.25) is 9.69 Å². The molecule has 100 valence electrons. The molecule has 3 nitrogen and oxygen atoms in total. The molecule has 1 heterocycles. The largest absolute Gasteiger partial charge is 0.480 e. The van der Waals surface area contributed by atoms with Crippen molar-refractivity contribution < 1.29 is 9.90 Å². The Balaban J connectivity index is 2.63. The van der Waals surface area contributed by atoms with Crippen molar-refractivity contribution in [3.8, 4) is 0 Å². The molecule has 17 heavy (non-hydrogen) atoms. The molecule has 2 unspecified atom stereocenters. The Labute approximate surface area is 105 Å². The summed E-state index contributed by atoms with van der Waals surface area (Å²) < 4.78 is 0. The SMILES string of the molecule is CC(C)C1CCCN(C(C(=O)O)C(C)C)CC1. The molecule has 1 rings (SSSR count). The predicted molar refractivity (Wildman–Crippen MR) is 70.0 cm³/mol. The maximum Gasteiger partial charge on any atom is 0.321 e. The van der Waals surface area contributed by atoms with Crippen LogP contribution in [0.1, 0.15) is 47.0 Å². The van der Waals surface area contributed by atoms with Crippen LogP contribution < -0.4 is 0 Å². The van der Waals surface area contributed by atoms with Gasteiger partial charge in [0.15, 0.2) is 0 Å². The molecular formula is C14H27NO2. The summed E-state index contributed by atoms with van der Waals surface area (Å²) in [5.74, 6) is 1.00. The highest BCUT2D eigenvalue weighted by Gasteiger charge is 2.30. The van der Waals surface area contributed by atoms with Gasteiger partial charge in [0.05, 0.1) is 0 Å². The van der Waals surface area contributed by atoms with E-state index in [0.717, 1.165) is 37.8 Å². The summed E-state index contributed by atoms with van der Waals surface area (Å²) in [5.41, 5.74) is 0. The Morgan fingerprint density at radius 2 is 1.82 bits per heavy atom. The standard InChI is InChI=1S/C14H27NO2/c1-10(2)12-6-5-8-15(9-7-12)13(11(3)4)14(16)17/h10-13H,5-9H2,1-4H3,(H,16,17). The van der Waals surface area contributed by atoms with Gasteiger partial charge in [-0.2, -0.15) is 0 Å². The van der Waals surface area contributed by atoms with Crippen molar-refractivity contribution in [3.63, 3.8) is 0 Å². The van der Waals surface area contributed by atoms with Crippen LogP contribution in [0.3, 0.4) is 0 Å². The maximum atomic E-state index is 11.3. The first-order valence-electron chi connectivity index (χ1n) is 6.90. The van der Waals surface area contributed by atoms with Crippen molar-refractivity contribution >= 4 is 5.97 Å². The first-order valence-corrected chi connectivity index (χ1v) is 6.90. The van der Waals surface area contributed by atoms with Crippen LogP contribution in [0.2, 0.25) is 0 Å². The van der Waals surface area contributed by atoms with E-state index in [2.05, 4.69) is 18.7 Å². The van der Waals surface area contributed by atoms with Gasteiger partial charge >= 0.3 is 5.97 Å². The Bertz CT molecular complexity index is 251. The molecule has 0 saturated carbocycles. The number of nitrogens with zero attached hydrogens (tertiary/aromatic N) is 1. The van der Waals surface area contributed by atoms with Crippen molar-refractivity contribution in [3.05, 3.63) is 0 Å². The second-order valence-corrected chi connectivity index (χ2v) is 6.00. The summed E-state index contributed by atoms with van der Waals surface area (Å²) in [6.07, 6.45) is 3.53. The first-order chi connectivity index (χ1) is 7.93. The van der Waals surface area contributed by atoms with Crippen molar-refractivity contribution in [1.82, 2.24) is 4.90 Å². The van der Waals surface area contributed by atoms with E-state index in [0.29, 0.717) is 0 Å². The number of likely N-dealkylation sites (tertiary alicyclic amines) is 1. The summed E-state index contributed by atoms with van der Waals surface area (Å²) in [4.78, 5) is 13.5. The van der Waals surface area contributed by atoms with E-state index in [4.69, 9.17) is 0 Å². The summed E-state index contributed by atoms with van der Waals surface area (Å²) in [6.45, 7) is 10.4. The molecule has 2 atom stereocenters. The molecule has 1 fully saturated rings. The lowest BCUT2D eigenvalue weighted by Gasteiger charge is -2.30. The Kier molecular flexibility index (Phi) is 5.44. The average Bonchev–Trinajstić information content (AvgIpc) is 2.42. The fraction of sp³-hybridized carbons (Fsp3) is 0.929. The van der Waals surface area contributed by atoms with Crippen molar-refractivity contribution in [1.29, 1.82) is 0 Å². The van der Waals surface area contributed by atoms with Gasteiger partial charge in [0.25, 0.3) is 0 Å². The molecule has 1 saturated heterocycles. The van der Waals surface area contributed by atoms with E-state index in [1.165, 1.54) is 6.42 Å². The van der Waals surface area contributed by atoms with Crippen LogP contribution in [0, 0.1) is 17.8 Å². The van der Waals surface area contributed by atoms with Gasteiger partial charge in [-0.1, -0.05) is 27.7 Å². The molecule has 0 radical (unpaired) electrons. The Morgan fingerprint density at radius 3 is 2.29 bits per heavy atom. The molecular weight excluding hydrogens is 214 g/mol. The predicted octanol–water partition coefficient (Wildman–Crippen LogP) is 2.85. The third kappa shape index (κ3) is 3.98. The van der Waals surface area contributed by atoms with E-state index >= 15 is 0 Å². The number of hydrogen-bond acceptors (Lipinski definition) is 2. The molecule has 0 aromatic rings. The zero-order chi connectivity index (χ0) is 13.0. The lowest BCUT2D eigenvalue weighted by molar-refractivity contribution is -0.145. The van der Waals surface area contributed by atoms with Crippen LogP contribution in [0.5, 0.6) is 0 Å². The minimum atomic E-state index is -0.664. The number of rotatable bonds is 4. The lowest BCUT2D eigenvalue weighted by Crippen LogP contribution is -2.45. The fourth-order valence-corrected chi connectivity index (χ4v) is 2.95. The van der Waals surface area contributed by atoms with Crippen molar-refractivity contribution in [2.75, 3.05) is 13.1 Å². The molecule has 1 N–H and O–H groups in total. The number of carboxylic acids is 1. The average molecular weight is 241 g/mol. The van der Waals surface area contributed by atoms with Crippen LogP contribution in [0.15, 0.2) is 0 Å². The van der Waals surface area contributed by atoms with Crippen LogP contribution in [-0.4, -0.2) is 35.1 Å². The van der Waals surface area contributed by atoms with E-state index in [9.17, 15) is 9.90 Å². The zero-order valence-electron chi connectivity index (χ0n) is 11.6. The highest BCUT2D eigenvalue weighted by molar-refractivity contribution is 5.73. The number of hydrogen-bond donors (Lipinski definition) is 1. The van der Waals surface area contributed by atoms with Gasteiger partial charge in [0, 0.05) is 0 Å². The minimum absolute atomic E-state index is 0.183. The van der Waals surface area contributed by atoms with Gasteiger partial charge < -0.3 is 5.11 Å². The molecule has 1 aliphatic rings. The van der Waals surface area contributed by atoms with Crippen molar-refractivity contribution in [2.24, 2.45) is 17.8 Å². The Hall–Kier alpha value is -0.570. The molecule has 1 aliphatic heterocycles. The van der Waals surface area contributed by atoms with Crippen LogP contribution in [0.4, 0.5) is 0 Å². The number of carboxylic acid groups (broad SMARTS) is 1. The van der Waals surface area contributed by atoms with E-state index in [1.807, 2.05) is 13.8 Å². The van der Waals surface area contributed by atoms with Gasteiger partial charge in [-0.25, -0.2) is 0 Å². The van der Waals surface area contributed by atoms with Crippen LogP contribution in [-0.2, 0) is 4.79 Å². The highest BCUT2D eigenvalue weighted by atomic mass is 16.4. The minimum Gasteiger partial charge on any atom is -0.480 e. The van der Waals surface area contributed by atoms with Gasteiger partial charge in [0.2, 0.25) is 0 Å². The molecule has 0 spiro atoms. The molecule has 0 aliphatic carbocycles.